The molecule has 2 rings (SSSR count). The Hall–Kier alpha value is -0.520. The molecular formula is C10H17N3OS. The van der Waals surface area contributed by atoms with Crippen molar-refractivity contribution in [2.45, 2.75) is 38.8 Å². The first-order valence-corrected chi connectivity index (χ1v) is 6.10. The van der Waals surface area contributed by atoms with Crippen LogP contribution in [-0.2, 0) is 6.54 Å². The van der Waals surface area contributed by atoms with Gasteiger partial charge in [-0.3, -0.25) is 4.90 Å². The monoisotopic (exact) mass is 227 g/mol. The van der Waals surface area contributed by atoms with E-state index in [1.54, 1.807) is 11.3 Å². The second kappa shape index (κ2) is 4.15. The maximum Gasteiger partial charge on any atom is 0.131 e. The summed E-state index contributed by atoms with van der Waals surface area (Å²) in [7, 11) is 0. The summed E-state index contributed by atoms with van der Waals surface area (Å²) in [6.07, 6.45) is 1.96. The number of nitrogens with zero attached hydrogens (tertiary/aromatic N) is 3. The zero-order valence-corrected chi connectivity index (χ0v) is 10.0. The first-order valence-electron chi connectivity index (χ1n) is 5.29. The van der Waals surface area contributed by atoms with Crippen molar-refractivity contribution in [1.82, 2.24) is 15.1 Å². The van der Waals surface area contributed by atoms with Gasteiger partial charge in [-0.05, 0) is 33.2 Å². The second-order valence-electron chi connectivity index (χ2n) is 4.53. The van der Waals surface area contributed by atoms with Gasteiger partial charge in [0.15, 0.2) is 0 Å². The van der Waals surface area contributed by atoms with Crippen LogP contribution in [0.1, 0.15) is 29.8 Å². The van der Waals surface area contributed by atoms with Crippen LogP contribution in [0.4, 0.5) is 0 Å². The Morgan fingerprint density at radius 3 is 2.93 bits per heavy atom. The second-order valence-corrected chi connectivity index (χ2v) is 5.79. The number of rotatable bonds is 2. The molecule has 5 heteroatoms. The minimum Gasteiger partial charge on any atom is -0.389 e. The van der Waals surface area contributed by atoms with Gasteiger partial charge < -0.3 is 5.11 Å². The van der Waals surface area contributed by atoms with Crippen LogP contribution in [0.2, 0.25) is 0 Å². The van der Waals surface area contributed by atoms with Crippen LogP contribution >= 0.6 is 11.3 Å². The van der Waals surface area contributed by atoms with E-state index in [2.05, 4.69) is 15.1 Å². The molecule has 0 radical (unpaired) electrons. The van der Waals surface area contributed by atoms with Gasteiger partial charge in [0.25, 0.3) is 0 Å². The number of aryl methyl sites for hydroxylation is 1. The molecule has 15 heavy (non-hydrogen) atoms. The summed E-state index contributed by atoms with van der Waals surface area (Å²) in [5.74, 6) is 0. The average molecular weight is 227 g/mol. The molecule has 1 unspecified atom stereocenters. The molecular weight excluding hydrogens is 210 g/mol. The molecule has 0 amide bonds. The van der Waals surface area contributed by atoms with Crippen LogP contribution in [0.15, 0.2) is 0 Å². The van der Waals surface area contributed by atoms with E-state index in [4.69, 9.17) is 0 Å². The molecule has 0 bridgehead atoms. The Labute approximate surface area is 93.9 Å². The van der Waals surface area contributed by atoms with Crippen molar-refractivity contribution in [3.8, 4) is 0 Å². The molecule has 1 saturated heterocycles. The van der Waals surface area contributed by atoms with E-state index in [1.807, 2.05) is 13.8 Å². The van der Waals surface area contributed by atoms with Crippen molar-refractivity contribution in [1.29, 1.82) is 0 Å². The normalized spacial score (nSPS) is 28.2. The molecule has 0 aliphatic carbocycles. The van der Waals surface area contributed by atoms with Gasteiger partial charge in [0, 0.05) is 6.54 Å². The molecule has 84 valence electrons. The average Bonchev–Trinajstić information content (AvgIpc) is 2.49. The molecule has 0 aromatic carbocycles. The maximum absolute atomic E-state index is 9.95. The minimum absolute atomic E-state index is 0.530. The Balaban J connectivity index is 1.95. The van der Waals surface area contributed by atoms with Gasteiger partial charge in [-0.2, -0.15) is 0 Å². The Bertz CT molecular complexity index is 337. The zero-order valence-electron chi connectivity index (χ0n) is 9.23. The molecule has 1 fully saturated rings. The van der Waals surface area contributed by atoms with E-state index in [0.29, 0.717) is 0 Å². The third-order valence-electron chi connectivity index (χ3n) is 2.68. The maximum atomic E-state index is 9.95. The van der Waals surface area contributed by atoms with E-state index in [9.17, 15) is 5.11 Å². The minimum atomic E-state index is -0.530. The topological polar surface area (TPSA) is 49.2 Å². The van der Waals surface area contributed by atoms with Gasteiger partial charge in [-0.15, -0.1) is 21.5 Å². The predicted molar refractivity (Wildman–Crippen MR) is 59.8 cm³/mol. The number of aromatic nitrogens is 2. The van der Waals surface area contributed by atoms with Gasteiger partial charge >= 0.3 is 0 Å². The predicted octanol–water partition coefficient (Wildman–Crippen LogP) is 1.19. The van der Waals surface area contributed by atoms with Gasteiger partial charge in [0.05, 0.1) is 12.1 Å². The lowest BCUT2D eigenvalue weighted by Crippen LogP contribution is -2.45. The highest BCUT2D eigenvalue weighted by molar-refractivity contribution is 7.11. The molecule has 1 N–H and O–H groups in total. The van der Waals surface area contributed by atoms with Crippen LogP contribution in [0.3, 0.4) is 0 Å². The van der Waals surface area contributed by atoms with E-state index < -0.39 is 5.60 Å². The quantitative estimate of drug-likeness (QED) is 0.824. The van der Waals surface area contributed by atoms with Gasteiger partial charge in [-0.1, -0.05) is 0 Å². The summed E-state index contributed by atoms with van der Waals surface area (Å²) in [5.41, 5.74) is -0.530. The lowest BCUT2D eigenvalue weighted by molar-refractivity contribution is -0.0182. The number of hydrogen-bond acceptors (Lipinski definition) is 5. The van der Waals surface area contributed by atoms with Crippen molar-refractivity contribution in [3.63, 3.8) is 0 Å². The molecule has 1 aliphatic heterocycles. The molecule has 1 aromatic rings. The molecule has 0 spiro atoms. The fraction of sp³-hybridized carbons (Fsp3) is 0.800. The molecule has 1 aromatic heterocycles. The molecule has 1 atom stereocenters. The highest BCUT2D eigenvalue weighted by atomic mass is 32.1. The van der Waals surface area contributed by atoms with E-state index in [1.165, 1.54) is 0 Å². The standard InChI is InChI=1S/C10H17N3OS/c1-8-11-12-9(15-8)6-13-5-3-4-10(2,14)7-13/h14H,3-7H2,1-2H3. The van der Waals surface area contributed by atoms with E-state index in [0.717, 1.165) is 42.5 Å². The van der Waals surface area contributed by atoms with Crippen LogP contribution in [0.5, 0.6) is 0 Å². The number of β-amino-alcohol motifs (C(OH)–C–C–N with tert-alkyl or cyclic N) is 1. The molecule has 2 heterocycles. The van der Waals surface area contributed by atoms with Crippen molar-refractivity contribution < 1.29 is 5.11 Å². The van der Waals surface area contributed by atoms with Gasteiger partial charge in [-0.25, -0.2) is 0 Å². The first kappa shape index (κ1) is 11.0. The van der Waals surface area contributed by atoms with Crippen molar-refractivity contribution in [2.24, 2.45) is 0 Å². The third kappa shape index (κ3) is 2.96. The van der Waals surface area contributed by atoms with Crippen LogP contribution in [-0.4, -0.2) is 38.9 Å². The summed E-state index contributed by atoms with van der Waals surface area (Å²) >= 11 is 1.64. The van der Waals surface area contributed by atoms with E-state index >= 15 is 0 Å². The van der Waals surface area contributed by atoms with Crippen LogP contribution in [0.25, 0.3) is 0 Å². The largest absolute Gasteiger partial charge is 0.389 e. The number of aliphatic hydroxyl groups is 1. The van der Waals surface area contributed by atoms with Crippen LogP contribution < -0.4 is 0 Å². The van der Waals surface area contributed by atoms with Gasteiger partial charge in [0.2, 0.25) is 0 Å². The van der Waals surface area contributed by atoms with Crippen molar-refractivity contribution in [3.05, 3.63) is 10.0 Å². The lowest BCUT2D eigenvalue weighted by Gasteiger charge is -2.36. The first-order chi connectivity index (χ1) is 7.05. The summed E-state index contributed by atoms with van der Waals surface area (Å²) in [5, 5.41) is 20.1. The zero-order chi connectivity index (χ0) is 10.9. The molecule has 0 saturated carbocycles. The summed E-state index contributed by atoms with van der Waals surface area (Å²) in [6, 6.07) is 0. The SMILES string of the molecule is Cc1nnc(CN2CCCC(C)(O)C2)s1. The number of likely N-dealkylation sites (tertiary alicyclic amines) is 1. The smallest absolute Gasteiger partial charge is 0.131 e. The van der Waals surface area contributed by atoms with Crippen molar-refractivity contribution >= 4 is 11.3 Å². The fourth-order valence-electron chi connectivity index (χ4n) is 2.05. The third-order valence-corrected chi connectivity index (χ3v) is 3.50. The molecule has 1 aliphatic rings. The number of piperidine rings is 1. The highest BCUT2D eigenvalue weighted by Crippen LogP contribution is 2.22. The van der Waals surface area contributed by atoms with Gasteiger partial charge in [0.1, 0.15) is 10.0 Å². The fourth-order valence-corrected chi connectivity index (χ4v) is 2.80. The number of hydrogen-bond donors (Lipinski definition) is 1. The van der Waals surface area contributed by atoms with Crippen molar-refractivity contribution in [2.75, 3.05) is 13.1 Å². The summed E-state index contributed by atoms with van der Waals surface area (Å²) < 4.78 is 0. The Morgan fingerprint density at radius 1 is 1.53 bits per heavy atom. The summed E-state index contributed by atoms with van der Waals surface area (Å²) in [6.45, 7) is 6.49. The lowest BCUT2D eigenvalue weighted by atomic mass is 9.95. The molecule has 4 nitrogen and oxygen atoms in total. The van der Waals surface area contributed by atoms with E-state index in [-0.39, 0.29) is 0 Å². The van der Waals surface area contributed by atoms with Crippen LogP contribution in [0, 0.1) is 6.92 Å². The Morgan fingerprint density at radius 2 is 2.33 bits per heavy atom. The highest BCUT2D eigenvalue weighted by Gasteiger charge is 2.28. The Kier molecular flexibility index (Phi) is 3.04. The summed E-state index contributed by atoms with van der Waals surface area (Å²) in [4.78, 5) is 2.25.